The molecular weight excluding hydrogens is 203 g/mol. The van der Waals surface area contributed by atoms with Gasteiger partial charge in [0, 0.05) is 12.4 Å². The zero-order valence-corrected chi connectivity index (χ0v) is 8.52. The lowest BCUT2D eigenvalue weighted by Gasteiger charge is -2.06. The van der Waals surface area contributed by atoms with E-state index in [0.717, 1.165) is 11.1 Å². The van der Waals surface area contributed by atoms with Crippen LogP contribution in [0.15, 0.2) is 42.7 Å². The maximum Gasteiger partial charge on any atom is 0.123 e. The molecule has 2 rings (SSSR count). The first-order chi connectivity index (χ1) is 7.81. The average Bonchev–Trinajstić information content (AvgIpc) is 2.31. The van der Waals surface area contributed by atoms with E-state index in [1.54, 1.807) is 18.5 Å². The number of hydrogen-bond donors (Lipinski definition) is 0. The first kappa shape index (κ1) is 10.3. The van der Waals surface area contributed by atoms with Crippen molar-refractivity contribution in [1.29, 1.82) is 5.26 Å². The van der Waals surface area contributed by atoms with Crippen LogP contribution in [0, 0.1) is 17.1 Å². The van der Waals surface area contributed by atoms with Gasteiger partial charge >= 0.3 is 0 Å². The Kier molecular flexibility index (Phi) is 2.93. The molecule has 1 heterocycles. The maximum absolute atomic E-state index is 13.1. The molecule has 0 aliphatic rings. The van der Waals surface area contributed by atoms with Gasteiger partial charge in [-0.3, -0.25) is 4.98 Å². The van der Waals surface area contributed by atoms with Crippen LogP contribution < -0.4 is 0 Å². The number of benzene rings is 1. The Bertz CT molecular complexity index is 529. The normalized spacial score (nSPS) is 9.75. The topological polar surface area (TPSA) is 36.7 Å². The Morgan fingerprint density at radius 3 is 2.62 bits per heavy atom. The van der Waals surface area contributed by atoms with Crippen molar-refractivity contribution in [2.75, 3.05) is 0 Å². The number of aromatic nitrogens is 1. The minimum Gasteiger partial charge on any atom is -0.265 e. The highest BCUT2D eigenvalue weighted by molar-refractivity contribution is 5.67. The molecule has 0 amide bonds. The van der Waals surface area contributed by atoms with E-state index < -0.39 is 0 Å². The van der Waals surface area contributed by atoms with Crippen molar-refractivity contribution in [3.63, 3.8) is 0 Å². The molecule has 0 radical (unpaired) electrons. The Morgan fingerprint density at radius 1 is 1.19 bits per heavy atom. The van der Waals surface area contributed by atoms with Gasteiger partial charge in [-0.25, -0.2) is 4.39 Å². The van der Waals surface area contributed by atoms with Crippen LogP contribution in [0.2, 0.25) is 0 Å². The summed E-state index contributed by atoms with van der Waals surface area (Å²) in [6.07, 6.45) is 3.55. The predicted molar refractivity (Wildman–Crippen MR) is 58.9 cm³/mol. The first-order valence-corrected chi connectivity index (χ1v) is 4.87. The van der Waals surface area contributed by atoms with Crippen LogP contribution in [0.4, 0.5) is 4.39 Å². The molecule has 2 aromatic rings. The van der Waals surface area contributed by atoms with Crippen molar-refractivity contribution in [2.45, 2.75) is 6.42 Å². The Morgan fingerprint density at radius 2 is 1.94 bits per heavy atom. The number of halogens is 1. The van der Waals surface area contributed by atoms with Crippen LogP contribution in [-0.4, -0.2) is 4.98 Å². The quantitative estimate of drug-likeness (QED) is 0.767. The molecule has 3 heteroatoms. The smallest absolute Gasteiger partial charge is 0.123 e. The molecule has 0 atom stereocenters. The molecule has 78 valence electrons. The number of hydrogen-bond acceptors (Lipinski definition) is 2. The second kappa shape index (κ2) is 4.54. The largest absolute Gasteiger partial charge is 0.265 e. The van der Waals surface area contributed by atoms with E-state index in [2.05, 4.69) is 4.98 Å². The predicted octanol–water partition coefficient (Wildman–Crippen LogP) is 2.95. The van der Waals surface area contributed by atoms with Gasteiger partial charge in [-0.1, -0.05) is 6.07 Å². The van der Waals surface area contributed by atoms with Crippen molar-refractivity contribution >= 4 is 0 Å². The van der Waals surface area contributed by atoms with Crippen LogP contribution >= 0.6 is 0 Å². The third-order valence-corrected chi connectivity index (χ3v) is 2.33. The fraction of sp³-hybridized carbons (Fsp3) is 0.0769. The van der Waals surface area contributed by atoms with Crippen molar-refractivity contribution in [1.82, 2.24) is 4.98 Å². The standard InChI is InChI=1S/C13H9FN2/c14-12-1-2-13(11(9-12)3-6-15)10-4-7-16-8-5-10/h1-2,4-5,7-9H,3H2. The summed E-state index contributed by atoms with van der Waals surface area (Å²) in [5.41, 5.74) is 2.53. The second-order valence-corrected chi connectivity index (χ2v) is 3.37. The summed E-state index contributed by atoms with van der Waals surface area (Å²) < 4.78 is 13.1. The Hall–Kier alpha value is -2.21. The van der Waals surface area contributed by atoms with Crippen LogP contribution in [0.25, 0.3) is 11.1 Å². The van der Waals surface area contributed by atoms with E-state index in [1.807, 2.05) is 18.2 Å². The number of nitrogens with zero attached hydrogens (tertiary/aromatic N) is 2. The third-order valence-electron chi connectivity index (χ3n) is 2.33. The minimum atomic E-state index is -0.317. The monoisotopic (exact) mass is 212 g/mol. The summed E-state index contributed by atoms with van der Waals surface area (Å²) in [4.78, 5) is 3.93. The zero-order valence-electron chi connectivity index (χ0n) is 8.52. The van der Waals surface area contributed by atoms with Gasteiger partial charge in [0.25, 0.3) is 0 Å². The maximum atomic E-state index is 13.1. The lowest BCUT2D eigenvalue weighted by atomic mass is 9.99. The first-order valence-electron chi connectivity index (χ1n) is 4.87. The van der Waals surface area contributed by atoms with Crippen LogP contribution in [0.3, 0.4) is 0 Å². The lowest BCUT2D eigenvalue weighted by Crippen LogP contribution is -1.90. The molecule has 1 aromatic heterocycles. The van der Waals surface area contributed by atoms with E-state index in [4.69, 9.17) is 5.26 Å². The fourth-order valence-electron chi connectivity index (χ4n) is 1.61. The van der Waals surface area contributed by atoms with Gasteiger partial charge in [-0.05, 0) is 41.0 Å². The van der Waals surface area contributed by atoms with E-state index in [9.17, 15) is 4.39 Å². The highest BCUT2D eigenvalue weighted by atomic mass is 19.1. The van der Waals surface area contributed by atoms with Crippen molar-refractivity contribution in [3.8, 4) is 17.2 Å². The van der Waals surface area contributed by atoms with E-state index in [1.165, 1.54) is 12.1 Å². The van der Waals surface area contributed by atoms with Gasteiger partial charge < -0.3 is 0 Å². The Balaban J connectivity index is 2.53. The Labute approximate surface area is 93.0 Å². The SMILES string of the molecule is N#CCc1cc(F)ccc1-c1ccncc1. The van der Waals surface area contributed by atoms with Gasteiger partial charge in [0.15, 0.2) is 0 Å². The van der Waals surface area contributed by atoms with Gasteiger partial charge in [0.1, 0.15) is 5.82 Å². The molecule has 1 aromatic carbocycles. The molecule has 16 heavy (non-hydrogen) atoms. The van der Waals surface area contributed by atoms with Crippen molar-refractivity contribution in [3.05, 3.63) is 54.1 Å². The minimum absolute atomic E-state index is 0.204. The molecule has 0 fully saturated rings. The lowest BCUT2D eigenvalue weighted by molar-refractivity contribution is 0.626. The van der Waals surface area contributed by atoms with E-state index >= 15 is 0 Å². The van der Waals surface area contributed by atoms with Crippen LogP contribution in [0.1, 0.15) is 5.56 Å². The summed E-state index contributed by atoms with van der Waals surface area (Å²) >= 11 is 0. The third kappa shape index (κ3) is 2.06. The van der Waals surface area contributed by atoms with E-state index in [0.29, 0.717) is 5.56 Å². The summed E-state index contributed by atoms with van der Waals surface area (Å²) in [5, 5.41) is 8.70. The van der Waals surface area contributed by atoms with Crippen molar-refractivity contribution in [2.24, 2.45) is 0 Å². The molecular formula is C13H9FN2. The van der Waals surface area contributed by atoms with Gasteiger partial charge in [-0.15, -0.1) is 0 Å². The van der Waals surface area contributed by atoms with E-state index in [-0.39, 0.29) is 12.2 Å². The molecule has 0 aliphatic heterocycles. The van der Waals surface area contributed by atoms with Gasteiger partial charge in [-0.2, -0.15) is 5.26 Å². The molecule has 0 saturated heterocycles. The molecule has 0 saturated carbocycles. The summed E-state index contributed by atoms with van der Waals surface area (Å²) in [6.45, 7) is 0. The number of nitriles is 1. The highest BCUT2D eigenvalue weighted by Crippen LogP contribution is 2.24. The molecule has 0 unspecified atom stereocenters. The molecule has 0 spiro atoms. The zero-order chi connectivity index (χ0) is 11.4. The summed E-state index contributed by atoms with van der Waals surface area (Å²) in [7, 11) is 0. The fourth-order valence-corrected chi connectivity index (χ4v) is 1.61. The van der Waals surface area contributed by atoms with Gasteiger partial charge in [0.05, 0.1) is 12.5 Å². The van der Waals surface area contributed by atoms with Gasteiger partial charge in [0.2, 0.25) is 0 Å². The van der Waals surface area contributed by atoms with Crippen LogP contribution in [0.5, 0.6) is 0 Å². The van der Waals surface area contributed by atoms with Crippen molar-refractivity contribution < 1.29 is 4.39 Å². The summed E-state index contributed by atoms with van der Waals surface area (Å²) in [6, 6.07) is 10.2. The summed E-state index contributed by atoms with van der Waals surface area (Å²) in [5.74, 6) is -0.317. The number of pyridine rings is 1. The highest BCUT2D eigenvalue weighted by Gasteiger charge is 2.05. The van der Waals surface area contributed by atoms with Crippen LogP contribution in [-0.2, 0) is 6.42 Å². The molecule has 0 bridgehead atoms. The number of rotatable bonds is 2. The molecule has 0 N–H and O–H groups in total. The average molecular weight is 212 g/mol. The molecule has 2 nitrogen and oxygen atoms in total. The second-order valence-electron chi connectivity index (χ2n) is 3.37. The molecule has 0 aliphatic carbocycles.